The molecule has 0 spiro atoms. The van der Waals surface area contributed by atoms with Crippen LogP contribution in [0.15, 0.2) is 77.0 Å². The van der Waals surface area contributed by atoms with Gasteiger partial charge in [0.05, 0.1) is 18.0 Å². The second kappa shape index (κ2) is 10.9. The number of benzene rings is 2. The van der Waals surface area contributed by atoms with Crippen LogP contribution in [0.3, 0.4) is 0 Å². The number of nitrogens with zero attached hydrogens (tertiary/aromatic N) is 2. The van der Waals surface area contributed by atoms with E-state index in [9.17, 15) is 13.2 Å². The zero-order chi connectivity index (χ0) is 23.1. The Balaban J connectivity index is 1.88. The second-order valence-electron chi connectivity index (χ2n) is 7.94. The van der Waals surface area contributed by atoms with E-state index < -0.39 is 10.0 Å². The molecule has 7 heteroatoms. The van der Waals surface area contributed by atoms with Crippen molar-refractivity contribution in [3.63, 3.8) is 0 Å². The van der Waals surface area contributed by atoms with Crippen molar-refractivity contribution in [3.8, 4) is 0 Å². The fourth-order valence-electron chi connectivity index (χ4n) is 3.39. The Morgan fingerprint density at radius 1 is 0.969 bits per heavy atom. The molecule has 0 radical (unpaired) electrons. The van der Waals surface area contributed by atoms with E-state index in [0.29, 0.717) is 19.5 Å². The summed E-state index contributed by atoms with van der Waals surface area (Å²) in [6.07, 6.45) is 0.613. The molecule has 0 bridgehead atoms. The molecule has 0 aliphatic heterocycles. The Morgan fingerprint density at radius 2 is 1.66 bits per heavy atom. The van der Waals surface area contributed by atoms with Crippen molar-refractivity contribution in [2.24, 2.45) is 0 Å². The number of aryl methyl sites for hydroxylation is 1. The molecule has 3 rings (SSSR count). The Morgan fingerprint density at radius 3 is 2.25 bits per heavy atom. The molecule has 0 saturated carbocycles. The number of amides is 1. The summed E-state index contributed by atoms with van der Waals surface area (Å²) in [4.78, 5) is 16.5. The van der Waals surface area contributed by atoms with Gasteiger partial charge in [-0.2, -0.15) is 4.31 Å². The maximum atomic E-state index is 13.5. The quantitative estimate of drug-likeness (QED) is 0.415. The molecule has 0 saturated heterocycles. The molecule has 0 aliphatic carbocycles. The lowest BCUT2D eigenvalue weighted by molar-refractivity contribution is -0.133. The van der Waals surface area contributed by atoms with E-state index in [-0.39, 0.29) is 23.4 Å². The van der Waals surface area contributed by atoms with Gasteiger partial charge in [0.2, 0.25) is 15.9 Å². The summed E-state index contributed by atoms with van der Waals surface area (Å²) < 4.78 is 28.2. The molecule has 1 aromatic heterocycles. The van der Waals surface area contributed by atoms with E-state index in [2.05, 4.69) is 0 Å². The fourth-order valence-corrected chi connectivity index (χ4v) is 5.76. The SMILES string of the molecule is CCC(C)N(CC(=O)N(Cc1ccccc1)Cc1cccs1)S(=O)(=O)c1ccc(C)cc1. The maximum Gasteiger partial charge on any atom is 0.243 e. The first kappa shape index (κ1) is 24.2. The van der Waals surface area contributed by atoms with Crippen molar-refractivity contribution in [1.82, 2.24) is 9.21 Å². The van der Waals surface area contributed by atoms with Crippen LogP contribution in [-0.2, 0) is 27.9 Å². The van der Waals surface area contributed by atoms with Gasteiger partial charge in [0.25, 0.3) is 0 Å². The molecule has 1 unspecified atom stereocenters. The first-order valence-corrected chi connectivity index (χ1v) is 13.1. The Bertz CT molecular complexity index is 1100. The Kier molecular flexibility index (Phi) is 8.23. The molecule has 0 fully saturated rings. The predicted octanol–water partition coefficient (Wildman–Crippen LogP) is 5.07. The number of carbonyl (C=O) groups is 1. The molecule has 1 heterocycles. The van der Waals surface area contributed by atoms with Gasteiger partial charge >= 0.3 is 0 Å². The third kappa shape index (κ3) is 6.06. The highest BCUT2D eigenvalue weighted by Crippen LogP contribution is 2.22. The summed E-state index contributed by atoms with van der Waals surface area (Å²) in [6, 6.07) is 20.2. The van der Waals surface area contributed by atoms with Crippen LogP contribution in [0.25, 0.3) is 0 Å². The minimum Gasteiger partial charge on any atom is -0.332 e. The van der Waals surface area contributed by atoms with E-state index in [1.165, 1.54) is 4.31 Å². The van der Waals surface area contributed by atoms with Gasteiger partial charge in [-0.25, -0.2) is 8.42 Å². The summed E-state index contributed by atoms with van der Waals surface area (Å²) in [5, 5.41) is 1.98. The summed E-state index contributed by atoms with van der Waals surface area (Å²) in [5.41, 5.74) is 1.99. The molecular formula is C25H30N2O3S2. The van der Waals surface area contributed by atoms with Gasteiger partial charge in [0.1, 0.15) is 0 Å². The lowest BCUT2D eigenvalue weighted by Crippen LogP contribution is -2.46. The first-order valence-electron chi connectivity index (χ1n) is 10.7. The highest BCUT2D eigenvalue weighted by Gasteiger charge is 2.31. The summed E-state index contributed by atoms with van der Waals surface area (Å²) in [6.45, 7) is 6.38. The number of thiophene rings is 1. The largest absolute Gasteiger partial charge is 0.332 e. The Hall–Kier alpha value is -2.48. The molecule has 5 nitrogen and oxygen atoms in total. The van der Waals surface area contributed by atoms with Gasteiger partial charge < -0.3 is 4.90 Å². The van der Waals surface area contributed by atoms with Crippen LogP contribution in [0.4, 0.5) is 0 Å². The van der Waals surface area contributed by atoms with Crippen LogP contribution in [0.2, 0.25) is 0 Å². The minimum absolute atomic E-state index is 0.191. The van der Waals surface area contributed by atoms with Crippen LogP contribution in [0.5, 0.6) is 0 Å². The number of sulfonamides is 1. The van der Waals surface area contributed by atoms with Gasteiger partial charge in [-0.3, -0.25) is 4.79 Å². The highest BCUT2D eigenvalue weighted by molar-refractivity contribution is 7.89. The molecule has 1 atom stereocenters. The monoisotopic (exact) mass is 470 g/mol. The van der Waals surface area contributed by atoms with Crippen molar-refractivity contribution in [1.29, 1.82) is 0 Å². The van der Waals surface area contributed by atoms with Crippen molar-refractivity contribution in [2.45, 2.75) is 51.2 Å². The zero-order valence-electron chi connectivity index (χ0n) is 18.8. The zero-order valence-corrected chi connectivity index (χ0v) is 20.4. The van der Waals surface area contributed by atoms with E-state index >= 15 is 0 Å². The topological polar surface area (TPSA) is 57.7 Å². The molecule has 0 aliphatic rings. The minimum atomic E-state index is -3.80. The van der Waals surface area contributed by atoms with Gasteiger partial charge in [0, 0.05) is 17.5 Å². The number of hydrogen-bond donors (Lipinski definition) is 0. The van der Waals surface area contributed by atoms with E-state index in [1.807, 2.05) is 68.6 Å². The average Bonchev–Trinajstić information content (AvgIpc) is 3.30. The van der Waals surface area contributed by atoms with E-state index in [0.717, 1.165) is 16.0 Å². The highest BCUT2D eigenvalue weighted by atomic mass is 32.2. The van der Waals surface area contributed by atoms with E-state index in [4.69, 9.17) is 0 Å². The van der Waals surface area contributed by atoms with Crippen LogP contribution in [0.1, 0.15) is 36.3 Å². The second-order valence-corrected chi connectivity index (χ2v) is 10.9. The molecular weight excluding hydrogens is 440 g/mol. The van der Waals surface area contributed by atoms with E-state index in [1.54, 1.807) is 40.5 Å². The number of rotatable bonds is 10. The smallest absolute Gasteiger partial charge is 0.243 e. The summed E-state index contributed by atoms with van der Waals surface area (Å²) in [5.74, 6) is -0.210. The fraction of sp³-hybridized carbons (Fsp3) is 0.320. The van der Waals surface area contributed by atoms with Crippen molar-refractivity contribution in [3.05, 3.63) is 88.1 Å². The summed E-state index contributed by atoms with van der Waals surface area (Å²) >= 11 is 1.59. The van der Waals surface area contributed by atoms with Crippen LogP contribution in [-0.4, -0.2) is 36.1 Å². The average molecular weight is 471 g/mol. The van der Waals surface area contributed by atoms with Crippen LogP contribution in [0, 0.1) is 6.92 Å². The van der Waals surface area contributed by atoms with Crippen molar-refractivity contribution >= 4 is 27.3 Å². The first-order chi connectivity index (χ1) is 15.3. The molecule has 2 aromatic carbocycles. The Labute approximate surface area is 195 Å². The van der Waals surface area contributed by atoms with Gasteiger partial charge in [0.15, 0.2) is 0 Å². The molecule has 32 heavy (non-hydrogen) atoms. The third-order valence-electron chi connectivity index (χ3n) is 5.50. The van der Waals surface area contributed by atoms with Crippen molar-refractivity contribution in [2.75, 3.05) is 6.54 Å². The van der Waals surface area contributed by atoms with Gasteiger partial charge in [-0.05, 0) is 49.4 Å². The molecule has 170 valence electrons. The lowest BCUT2D eigenvalue weighted by Gasteiger charge is -2.30. The molecule has 1 amide bonds. The van der Waals surface area contributed by atoms with Crippen LogP contribution < -0.4 is 0 Å². The van der Waals surface area contributed by atoms with Gasteiger partial charge in [-0.15, -0.1) is 11.3 Å². The standard InChI is InChI=1S/C25H30N2O3S2/c1-4-21(3)27(32(29,30)24-14-12-20(2)13-15-24)19-25(28)26(18-23-11-8-16-31-23)17-22-9-6-5-7-10-22/h5-16,21H,4,17-19H2,1-3H3. The van der Waals surface area contributed by atoms with Gasteiger partial charge in [-0.1, -0.05) is 61.0 Å². The number of hydrogen-bond acceptors (Lipinski definition) is 4. The lowest BCUT2D eigenvalue weighted by atomic mass is 10.2. The number of carbonyl (C=O) groups excluding carboxylic acids is 1. The normalized spacial score (nSPS) is 12.6. The predicted molar refractivity (Wildman–Crippen MR) is 130 cm³/mol. The summed E-state index contributed by atoms with van der Waals surface area (Å²) in [7, 11) is -3.80. The van der Waals surface area contributed by atoms with Crippen LogP contribution >= 0.6 is 11.3 Å². The maximum absolute atomic E-state index is 13.5. The molecule has 0 N–H and O–H groups in total. The van der Waals surface area contributed by atoms with Crippen molar-refractivity contribution < 1.29 is 13.2 Å². The molecule has 3 aromatic rings. The third-order valence-corrected chi connectivity index (χ3v) is 8.33.